The summed E-state index contributed by atoms with van der Waals surface area (Å²) in [5, 5.41) is 23.5. The first-order valence-corrected chi connectivity index (χ1v) is 12.7. The van der Waals surface area contributed by atoms with Gasteiger partial charge in [-0.2, -0.15) is 11.8 Å². The number of esters is 1. The van der Waals surface area contributed by atoms with Crippen LogP contribution in [0.15, 0.2) is 23.8 Å². The molecule has 3 fully saturated rings. The molecule has 32 heavy (non-hydrogen) atoms. The van der Waals surface area contributed by atoms with Crippen molar-refractivity contribution in [1.82, 2.24) is 0 Å². The molecule has 0 aliphatic heterocycles. The van der Waals surface area contributed by atoms with Crippen molar-refractivity contribution in [1.29, 1.82) is 0 Å². The van der Waals surface area contributed by atoms with Gasteiger partial charge < -0.3 is 14.9 Å². The van der Waals surface area contributed by atoms with Crippen molar-refractivity contribution >= 4 is 29.3 Å². The topological polar surface area (TPSA) is 101 Å². The minimum absolute atomic E-state index is 0.0221. The van der Waals surface area contributed by atoms with Crippen molar-refractivity contribution in [2.75, 3.05) is 18.6 Å². The number of hydrogen-bond donors (Lipinski definition) is 2. The van der Waals surface area contributed by atoms with E-state index >= 15 is 0 Å². The molecule has 0 aromatic heterocycles. The Morgan fingerprint density at radius 3 is 2.69 bits per heavy atom. The molecule has 4 rings (SSSR count). The van der Waals surface area contributed by atoms with E-state index in [9.17, 15) is 24.6 Å². The van der Waals surface area contributed by atoms with Crippen molar-refractivity contribution < 1.29 is 29.3 Å². The van der Waals surface area contributed by atoms with Gasteiger partial charge in [0, 0.05) is 16.7 Å². The number of carbonyl (C=O) groups excluding carboxylic acids is 3. The van der Waals surface area contributed by atoms with Gasteiger partial charge in [-0.05, 0) is 55.4 Å². The highest BCUT2D eigenvalue weighted by molar-refractivity contribution is 7.99. The van der Waals surface area contributed by atoms with Gasteiger partial charge in [0.25, 0.3) is 0 Å². The van der Waals surface area contributed by atoms with Crippen LogP contribution in [0.3, 0.4) is 0 Å². The van der Waals surface area contributed by atoms with Gasteiger partial charge >= 0.3 is 5.97 Å². The molecule has 0 aromatic carbocycles. The molecule has 4 aliphatic rings. The second-order valence-electron chi connectivity index (χ2n) is 10.3. The Kier molecular flexibility index (Phi) is 6.00. The number of Topliss-reactive ketones (excluding diaryl/α,β-unsaturated/α-hetero) is 1. The number of methoxy groups -OCH3 is 1. The summed E-state index contributed by atoms with van der Waals surface area (Å²) in [7, 11) is 1.29. The quantitative estimate of drug-likeness (QED) is 0.606. The zero-order valence-electron chi connectivity index (χ0n) is 19.3. The first-order chi connectivity index (χ1) is 15.0. The molecule has 4 aliphatic carbocycles. The Morgan fingerprint density at radius 1 is 1.31 bits per heavy atom. The van der Waals surface area contributed by atoms with E-state index in [0.29, 0.717) is 6.42 Å². The summed E-state index contributed by atoms with van der Waals surface area (Å²) in [6, 6.07) is 0. The Balaban J connectivity index is 1.78. The summed E-state index contributed by atoms with van der Waals surface area (Å²) in [5.74, 6) is -1.22. The predicted octanol–water partition coefficient (Wildman–Crippen LogP) is 2.72. The predicted molar refractivity (Wildman–Crippen MR) is 122 cm³/mol. The second kappa shape index (κ2) is 8.10. The number of ketones is 2. The molecule has 0 bridgehead atoms. The largest absolute Gasteiger partial charge is 0.469 e. The van der Waals surface area contributed by atoms with E-state index in [4.69, 9.17) is 4.74 Å². The van der Waals surface area contributed by atoms with Gasteiger partial charge in [-0.1, -0.05) is 32.4 Å². The number of aliphatic hydroxyl groups excluding tert-OH is 1. The summed E-state index contributed by atoms with van der Waals surface area (Å²) in [5.41, 5.74) is -2.19. The molecule has 7 heteroatoms. The van der Waals surface area contributed by atoms with Crippen LogP contribution in [0.5, 0.6) is 0 Å². The number of ether oxygens (including phenoxy) is 1. The van der Waals surface area contributed by atoms with Crippen LogP contribution in [-0.4, -0.2) is 58.1 Å². The van der Waals surface area contributed by atoms with Gasteiger partial charge in [0.05, 0.1) is 24.9 Å². The lowest BCUT2D eigenvalue weighted by Crippen LogP contribution is -2.63. The van der Waals surface area contributed by atoms with Crippen molar-refractivity contribution in [3.63, 3.8) is 0 Å². The third kappa shape index (κ3) is 3.11. The summed E-state index contributed by atoms with van der Waals surface area (Å²) >= 11 is 1.43. The van der Waals surface area contributed by atoms with E-state index in [1.54, 1.807) is 12.2 Å². The van der Waals surface area contributed by atoms with Gasteiger partial charge in [0.1, 0.15) is 5.60 Å². The van der Waals surface area contributed by atoms with E-state index < -0.39 is 34.4 Å². The minimum atomic E-state index is -1.87. The molecule has 2 N–H and O–H groups in total. The summed E-state index contributed by atoms with van der Waals surface area (Å²) in [6.07, 6.45) is 6.53. The summed E-state index contributed by atoms with van der Waals surface area (Å²) in [6.45, 7) is 5.90. The maximum Gasteiger partial charge on any atom is 0.312 e. The number of hydrogen-bond acceptors (Lipinski definition) is 7. The number of carbonyl (C=O) groups is 3. The Morgan fingerprint density at radius 2 is 2.03 bits per heavy atom. The molecule has 0 amide bonds. The summed E-state index contributed by atoms with van der Waals surface area (Å²) in [4.78, 5) is 38.2. The normalized spacial score (nSPS) is 44.9. The first-order valence-electron chi connectivity index (χ1n) is 11.6. The number of rotatable bonds is 5. The molecule has 1 unspecified atom stereocenters. The van der Waals surface area contributed by atoms with E-state index in [2.05, 4.69) is 6.92 Å². The second-order valence-corrected chi connectivity index (χ2v) is 11.6. The molecular weight excluding hydrogens is 428 g/mol. The first kappa shape index (κ1) is 23.7. The fraction of sp³-hybridized carbons (Fsp3) is 0.720. The van der Waals surface area contributed by atoms with Crippen LogP contribution < -0.4 is 0 Å². The molecule has 8 atom stereocenters. The molecule has 176 valence electrons. The van der Waals surface area contributed by atoms with Crippen molar-refractivity contribution in [3.05, 3.63) is 23.8 Å². The molecule has 0 saturated heterocycles. The van der Waals surface area contributed by atoms with Crippen LogP contribution in [0.2, 0.25) is 0 Å². The Bertz CT molecular complexity index is 895. The number of aliphatic hydroxyl groups is 2. The smallest absolute Gasteiger partial charge is 0.312 e. The molecular formula is C25H34O6S. The van der Waals surface area contributed by atoms with Gasteiger partial charge in [0.2, 0.25) is 0 Å². The third-order valence-electron chi connectivity index (χ3n) is 9.10. The summed E-state index contributed by atoms with van der Waals surface area (Å²) < 4.78 is 5.04. The fourth-order valence-electron chi connectivity index (χ4n) is 7.59. The van der Waals surface area contributed by atoms with Crippen LogP contribution in [-0.2, 0) is 19.1 Å². The van der Waals surface area contributed by atoms with Crippen LogP contribution in [0.25, 0.3) is 0 Å². The van der Waals surface area contributed by atoms with Crippen LogP contribution in [0.1, 0.15) is 46.5 Å². The van der Waals surface area contributed by atoms with Crippen LogP contribution in [0, 0.1) is 34.5 Å². The lowest BCUT2D eigenvalue weighted by molar-refractivity contribution is -0.187. The van der Waals surface area contributed by atoms with E-state index in [1.165, 1.54) is 18.9 Å². The highest BCUT2D eigenvalue weighted by Crippen LogP contribution is 2.68. The van der Waals surface area contributed by atoms with Gasteiger partial charge in [0.15, 0.2) is 11.6 Å². The molecule has 6 nitrogen and oxygen atoms in total. The third-order valence-corrected chi connectivity index (χ3v) is 9.97. The van der Waals surface area contributed by atoms with Gasteiger partial charge in [-0.25, -0.2) is 0 Å². The molecule has 0 heterocycles. The zero-order chi connectivity index (χ0) is 23.5. The SMILES string of the molecule is CCSCC(=O)[C@@]1(O)C(C(=O)OC)C[C@H]2[C@@H]3CCC4=CC(=O)C=C[C@]4(C)[C@H]3[C@@H](O)C[C@@]21C. The van der Waals surface area contributed by atoms with E-state index in [0.717, 1.165) is 24.2 Å². The van der Waals surface area contributed by atoms with Gasteiger partial charge in [-0.15, -0.1) is 0 Å². The highest BCUT2D eigenvalue weighted by atomic mass is 32.2. The maximum absolute atomic E-state index is 13.4. The molecule has 0 spiro atoms. The monoisotopic (exact) mass is 462 g/mol. The van der Waals surface area contributed by atoms with E-state index in [1.807, 2.05) is 19.9 Å². The van der Waals surface area contributed by atoms with Crippen molar-refractivity contribution in [3.8, 4) is 0 Å². The van der Waals surface area contributed by atoms with Gasteiger partial charge in [-0.3, -0.25) is 14.4 Å². The van der Waals surface area contributed by atoms with E-state index in [-0.39, 0.29) is 41.5 Å². The van der Waals surface area contributed by atoms with Crippen LogP contribution >= 0.6 is 11.8 Å². The Hall–Kier alpha value is -1.44. The average molecular weight is 463 g/mol. The molecule has 0 radical (unpaired) electrons. The lowest BCUT2D eigenvalue weighted by Gasteiger charge is -2.59. The number of thioether (sulfide) groups is 1. The maximum atomic E-state index is 13.4. The standard InChI is InChI=1S/C25H34O6S/c1-5-32-13-20(28)25(30)18(22(29)31-4)11-17-16-7-6-14-10-15(26)8-9-23(14,2)21(16)19(27)12-24(17,25)3/h8-10,16-19,21,27,30H,5-7,11-13H2,1-4H3/t16-,17-,18?,19-,21+,23-,24-,25-/m0/s1. The average Bonchev–Trinajstić information content (AvgIpc) is 2.99. The lowest BCUT2D eigenvalue weighted by atomic mass is 9.46. The molecule has 0 aromatic rings. The van der Waals surface area contributed by atoms with Crippen molar-refractivity contribution in [2.24, 2.45) is 34.5 Å². The number of fused-ring (bicyclic) bond motifs is 5. The highest BCUT2D eigenvalue weighted by Gasteiger charge is 2.72. The van der Waals surface area contributed by atoms with Crippen LogP contribution in [0.4, 0.5) is 0 Å². The number of allylic oxidation sites excluding steroid dienone is 4. The van der Waals surface area contributed by atoms with Crippen molar-refractivity contribution in [2.45, 2.75) is 58.2 Å². The Labute approximate surface area is 193 Å². The fourth-order valence-corrected chi connectivity index (χ4v) is 8.20. The molecule has 3 saturated carbocycles. The minimum Gasteiger partial charge on any atom is -0.469 e. The zero-order valence-corrected chi connectivity index (χ0v) is 20.1.